The number of benzene rings is 1. The van der Waals surface area contributed by atoms with Crippen molar-refractivity contribution in [3.05, 3.63) is 47.6 Å². The Kier molecular flexibility index (Phi) is 7.78. The van der Waals surface area contributed by atoms with Crippen LogP contribution in [0, 0.1) is 0 Å². The SMILES string of the molecule is CCC/C=C(/C)CCC/C=C/c1ccc(OC(F)(F)F)cc1. The van der Waals surface area contributed by atoms with Crippen molar-refractivity contribution in [2.45, 2.75) is 52.3 Å². The third-order valence-electron chi connectivity index (χ3n) is 3.15. The Balaban J connectivity index is 2.35. The molecule has 0 fully saturated rings. The van der Waals surface area contributed by atoms with Gasteiger partial charge in [0.1, 0.15) is 5.75 Å². The summed E-state index contributed by atoms with van der Waals surface area (Å²) in [6.45, 7) is 4.32. The highest BCUT2D eigenvalue weighted by atomic mass is 19.4. The topological polar surface area (TPSA) is 9.23 Å². The van der Waals surface area contributed by atoms with Crippen LogP contribution in [0.3, 0.4) is 0 Å². The molecule has 1 rings (SSSR count). The number of alkyl halides is 3. The zero-order chi connectivity index (χ0) is 16.4. The largest absolute Gasteiger partial charge is 0.573 e. The lowest BCUT2D eigenvalue weighted by Crippen LogP contribution is -2.16. The Morgan fingerprint density at radius 1 is 1.14 bits per heavy atom. The number of allylic oxidation sites excluding steroid dienone is 3. The van der Waals surface area contributed by atoms with E-state index in [0.29, 0.717) is 0 Å². The highest BCUT2D eigenvalue weighted by molar-refractivity contribution is 5.50. The Morgan fingerprint density at radius 2 is 1.82 bits per heavy atom. The number of ether oxygens (including phenoxy) is 1. The van der Waals surface area contributed by atoms with Crippen LogP contribution in [0.4, 0.5) is 13.2 Å². The molecule has 0 atom stereocenters. The third kappa shape index (κ3) is 8.55. The maximum Gasteiger partial charge on any atom is 0.573 e. The van der Waals surface area contributed by atoms with Crippen LogP contribution in [0.2, 0.25) is 0 Å². The number of unbranched alkanes of at least 4 members (excludes halogenated alkanes) is 2. The van der Waals surface area contributed by atoms with Crippen molar-refractivity contribution in [3.63, 3.8) is 0 Å². The minimum absolute atomic E-state index is 0.193. The van der Waals surface area contributed by atoms with Crippen LogP contribution in [0.25, 0.3) is 6.08 Å². The first-order valence-electron chi connectivity index (χ1n) is 7.58. The first kappa shape index (κ1) is 18.3. The van der Waals surface area contributed by atoms with Crippen LogP contribution in [0.5, 0.6) is 5.75 Å². The lowest BCUT2D eigenvalue weighted by Gasteiger charge is -2.08. The summed E-state index contributed by atoms with van der Waals surface area (Å²) in [6, 6.07) is 5.88. The van der Waals surface area contributed by atoms with Crippen LogP contribution in [0.15, 0.2) is 42.0 Å². The van der Waals surface area contributed by atoms with E-state index < -0.39 is 6.36 Å². The predicted molar refractivity (Wildman–Crippen MR) is 84.7 cm³/mol. The highest BCUT2D eigenvalue weighted by Gasteiger charge is 2.30. The molecule has 0 saturated carbocycles. The van der Waals surface area contributed by atoms with Crippen molar-refractivity contribution in [1.82, 2.24) is 0 Å². The lowest BCUT2D eigenvalue weighted by molar-refractivity contribution is -0.274. The molecule has 22 heavy (non-hydrogen) atoms. The third-order valence-corrected chi connectivity index (χ3v) is 3.15. The quantitative estimate of drug-likeness (QED) is 0.392. The molecule has 0 unspecified atom stereocenters. The van der Waals surface area contributed by atoms with Gasteiger partial charge in [-0.25, -0.2) is 0 Å². The molecule has 1 nitrogen and oxygen atoms in total. The molecule has 0 saturated heterocycles. The van der Waals surface area contributed by atoms with Gasteiger partial charge in [0.15, 0.2) is 0 Å². The second-order valence-corrected chi connectivity index (χ2v) is 5.25. The maximum absolute atomic E-state index is 12.0. The monoisotopic (exact) mass is 312 g/mol. The van der Waals surface area contributed by atoms with Crippen LogP contribution in [-0.2, 0) is 0 Å². The van der Waals surface area contributed by atoms with Crippen LogP contribution < -0.4 is 4.74 Å². The molecular formula is C18H23F3O. The van der Waals surface area contributed by atoms with Crippen molar-refractivity contribution in [3.8, 4) is 5.75 Å². The Bertz CT molecular complexity index is 484. The van der Waals surface area contributed by atoms with Gasteiger partial charge in [0.05, 0.1) is 0 Å². The number of rotatable bonds is 8. The molecule has 0 aliphatic rings. The van der Waals surface area contributed by atoms with E-state index in [-0.39, 0.29) is 5.75 Å². The van der Waals surface area contributed by atoms with Gasteiger partial charge in [0.25, 0.3) is 0 Å². The van der Waals surface area contributed by atoms with Crippen molar-refractivity contribution in [2.75, 3.05) is 0 Å². The smallest absolute Gasteiger partial charge is 0.406 e. The van der Waals surface area contributed by atoms with E-state index in [2.05, 4.69) is 24.7 Å². The molecule has 0 heterocycles. The van der Waals surface area contributed by atoms with Gasteiger partial charge in [-0.15, -0.1) is 13.2 Å². The average molecular weight is 312 g/mol. The molecule has 4 heteroatoms. The fraction of sp³-hybridized carbons (Fsp3) is 0.444. The Hall–Kier alpha value is -1.71. The van der Waals surface area contributed by atoms with Gasteiger partial charge >= 0.3 is 6.36 Å². The van der Waals surface area contributed by atoms with Gasteiger partial charge in [-0.2, -0.15) is 0 Å². The summed E-state index contributed by atoms with van der Waals surface area (Å²) in [4.78, 5) is 0. The van der Waals surface area contributed by atoms with E-state index >= 15 is 0 Å². The predicted octanol–water partition coefficient (Wildman–Crippen LogP) is 6.52. The first-order chi connectivity index (χ1) is 10.4. The van der Waals surface area contributed by atoms with E-state index in [9.17, 15) is 13.2 Å². The van der Waals surface area contributed by atoms with Crippen molar-refractivity contribution < 1.29 is 17.9 Å². The lowest BCUT2D eigenvalue weighted by atomic mass is 10.1. The van der Waals surface area contributed by atoms with Gasteiger partial charge < -0.3 is 4.74 Å². The van der Waals surface area contributed by atoms with E-state index in [0.717, 1.165) is 31.2 Å². The van der Waals surface area contributed by atoms with Crippen LogP contribution in [0.1, 0.15) is 51.5 Å². The summed E-state index contributed by atoms with van der Waals surface area (Å²) < 4.78 is 39.9. The van der Waals surface area contributed by atoms with Crippen molar-refractivity contribution >= 4 is 6.08 Å². The van der Waals surface area contributed by atoms with E-state index in [1.54, 1.807) is 12.1 Å². The van der Waals surface area contributed by atoms with Gasteiger partial charge in [-0.3, -0.25) is 0 Å². The molecule has 1 aromatic carbocycles. The molecule has 122 valence electrons. The van der Waals surface area contributed by atoms with E-state index in [1.165, 1.54) is 24.1 Å². The van der Waals surface area contributed by atoms with Gasteiger partial charge in [-0.1, -0.05) is 49.3 Å². The summed E-state index contributed by atoms with van der Waals surface area (Å²) >= 11 is 0. The standard InChI is InChI=1S/C18H23F3O/c1-3-4-8-15(2)9-6-5-7-10-16-11-13-17(14-12-16)22-18(19,20)21/h7-8,10-14H,3-6,9H2,1-2H3/b10-7+,15-8-. The summed E-state index contributed by atoms with van der Waals surface area (Å²) in [7, 11) is 0. The summed E-state index contributed by atoms with van der Waals surface area (Å²) in [5, 5.41) is 0. The molecule has 0 aliphatic carbocycles. The molecule has 0 amide bonds. The highest BCUT2D eigenvalue weighted by Crippen LogP contribution is 2.23. The average Bonchev–Trinajstić information content (AvgIpc) is 2.45. The number of hydrogen-bond acceptors (Lipinski definition) is 1. The zero-order valence-electron chi connectivity index (χ0n) is 13.1. The van der Waals surface area contributed by atoms with Gasteiger partial charge in [0, 0.05) is 0 Å². The molecular weight excluding hydrogens is 289 g/mol. The molecule has 0 N–H and O–H groups in total. The van der Waals surface area contributed by atoms with E-state index in [4.69, 9.17) is 0 Å². The van der Waals surface area contributed by atoms with Crippen molar-refractivity contribution in [1.29, 1.82) is 0 Å². The van der Waals surface area contributed by atoms with Gasteiger partial charge in [0.2, 0.25) is 0 Å². The van der Waals surface area contributed by atoms with E-state index in [1.807, 2.05) is 12.2 Å². The normalized spacial score (nSPS) is 12.9. The molecule has 0 aliphatic heterocycles. The summed E-state index contributed by atoms with van der Waals surface area (Å²) in [6.07, 6.45) is 7.04. The summed E-state index contributed by atoms with van der Waals surface area (Å²) in [5.41, 5.74) is 2.29. The van der Waals surface area contributed by atoms with Crippen molar-refractivity contribution in [2.24, 2.45) is 0 Å². The minimum atomic E-state index is -4.64. The second kappa shape index (κ2) is 9.34. The fourth-order valence-corrected chi connectivity index (χ4v) is 1.99. The molecule has 0 radical (unpaired) electrons. The maximum atomic E-state index is 12.0. The van der Waals surface area contributed by atoms with Crippen LogP contribution >= 0.6 is 0 Å². The summed E-state index contributed by atoms with van der Waals surface area (Å²) in [5.74, 6) is -0.193. The fourth-order valence-electron chi connectivity index (χ4n) is 1.99. The molecule has 0 bridgehead atoms. The molecule has 0 spiro atoms. The van der Waals surface area contributed by atoms with Gasteiger partial charge in [-0.05, 0) is 50.3 Å². The Morgan fingerprint density at radius 3 is 2.41 bits per heavy atom. The molecule has 0 aromatic heterocycles. The molecule has 1 aromatic rings. The van der Waals surface area contributed by atoms with Crippen LogP contribution in [-0.4, -0.2) is 6.36 Å². The number of hydrogen-bond donors (Lipinski definition) is 0. The second-order valence-electron chi connectivity index (χ2n) is 5.25. The minimum Gasteiger partial charge on any atom is -0.406 e. The Labute approximate surface area is 130 Å². The zero-order valence-corrected chi connectivity index (χ0v) is 13.1. The first-order valence-corrected chi connectivity index (χ1v) is 7.58. The number of halogens is 3.